The van der Waals surface area contributed by atoms with Crippen molar-refractivity contribution < 1.29 is 4.74 Å². The molecule has 0 spiro atoms. The Morgan fingerprint density at radius 3 is 2.55 bits per heavy atom. The van der Waals surface area contributed by atoms with Gasteiger partial charge in [0.25, 0.3) is 0 Å². The molecule has 2 aromatic rings. The van der Waals surface area contributed by atoms with Gasteiger partial charge in [-0.2, -0.15) is 0 Å². The lowest BCUT2D eigenvalue weighted by atomic mass is 10.1. The molecule has 0 aliphatic rings. The van der Waals surface area contributed by atoms with Crippen LogP contribution in [0.25, 0.3) is 0 Å². The largest absolute Gasteiger partial charge is 0.455 e. The first-order valence-corrected chi connectivity index (χ1v) is 6.87. The van der Waals surface area contributed by atoms with E-state index in [4.69, 9.17) is 4.74 Å². The highest BCUT2D eigenvalue weighted by atomic mass is 16.5. The van der Waals surface area contributed by atoms with E-state index in [1.54, 1.807) is 12.4 Å². The van der Waals surface area contributed by atoms with E-state index >= 15 is 0 Å². The molecule has 106 valence electrons. The second kappa shape index (κ2) is 6.06. The van der Waals surface area contributed by atoms with Crippen molar-refractivity contribution in [3.63, 3.8) is 0 Å². The van der Waals surface area contributed by atoms with Gasteiger partial charge >= 0.3 is 0 Å². The first-order valence-electron chi connectivity index (χ1n) is 6.87. The SMILES string of the molecule is Cc1ccccc1Oc1cnccc1CNC(C)(C)C. The molecule has 1 aromatic heterocycles. The number of ether oxygens (including phenoxy) is 1. The van der Waals surface area contributed by atoms with Gasteiger partial charge in [0, 0.05) is 23.8 Å². The van der Waals surface area contributed by atoms with Crippen LogP contribution in [0.1, 0.15) is 31.9 Å². The van der Waals surface area contributed by atoms with Gasteiger partial charge in [-0.3, -0.25) is 4.98 Å². The number of para-hydroxylation sites is 1. The third-order valence-corrected chi connectivity index (χ3v) is 2.99. The molecule has 1 heterocycles. The molecule has 0 bridgehead atoms. The first kappa shape index (κ1) is 14.5. The van der Waals surface area contributed by atoms with Crippen molar-refractivity contribution in [1.29, 1.82) is 0 Å². The van der Waals surface area contributed by atoms with Gasteiger partial charge in [-0.15, -0.1) is 0 Å². The number of hydrogen-bond donors (Lipinski definition) is 1. The number of aromatic nitrogens is 1. The van der Waals surface area contributed by atoms with Crippen LogP contribution in [0.15, 0.2) is 42.7 Å². The molecule has 0 radical (unpaired) electrons. The topological polar surface area (TPSA) is 34.1 Å². The van der Waals surface area contributed by atoms with Crippen LogP contribution in [-0.4, -0.2) is 10.5 Å². The minimum absolute atomic E-state index is 0.0726. The Bertz CT molecular complexity index is 573. The number of benzene rings is 1. The second-order valence-electron chi connectivity index (χ2n) is 5.95. The van der Waals surface area contributed by atoms with E-state index in [0.29, 0.717) is 0 Å². The first-order chi connectivity index (χ1) is 9.46. The highest BCUT2D eigenvalue weighted by molar-refractivity contribution is 5.39. The van der Waals surface area contributed by atoms with Gasteiger partial charge in [0.1, 0.15) is 11.5 Å². The normalized spacial score (nSPS) is 11.4. The van der Waals surface area contributed by atoms with Crippen molar-refractivity contribution >= 4 is 0 Å². The zero-order valence-corrected chi connectivity index (χ0v) is 12.6. The molecule has 0 aliphatic carbocycles. The predicted octanol–water partition coefficient (Wildman–Crippen LogP) is 4.07. The van der Waals surface area contributed by atoms with Crippen molar-refractivity contribution in [1.82, 2.24) is 10.3 Å². The number of hydrogen-bond acceptors (Lipinski definition) is 3. The fourth-order valence-corrected chi connectivity index (χ4v) is 1.80. The Balaban J connectivity index is 2.18. The molecule has 3 heteroatoms. The van der Waals surface area contributed by atoms with E-state index < -0.39 is 0 Å². The monoisotopic (exact) mass is 270 g/mol. The minimum atomic E-state index is 0.0726. The van der Waals surface area contributed by atoms with Gasteiger partial charge in [-0.25, -0.2) is 0 Å². The predicted molar refractivity (Wildman–Crippen MR) is 82.1 cm³/mol. The van der Waals surface area contributed by atoms with Crippen LogP contribution in [0.5, 0.6) is 11.5 Å². The van der Waals surface area contributed by atoms with Gasteiger partial charge in [0.15, 0.2) is 0 Å². The van der Waals surface area contributed by atoms with Gasteiger partial charge in [-0.1, -0.05) is 18.2 Å². The van der Waals surface area contributed by atoms with Crippen LogP contribution in [0, 0.1) is 6.92 Å². The zero-order valence-electron chi connectivity index (χ0n) is 12.6. The fourth-order valence-electron chi connectivity index (χ4n) is 1.80. The Morgan fingerprint density at radius 1 is 1.10 bits per heavy atom. The average Bonchev–Trinajstić information content (AvgIpc) is 2.39. The lowest BCUT2D eigenvalue weighted by molar-refractivity contribution is 0.413. The van der Waals surface area contributed by atoms with Crippen LogP contribution < -0.4 is 10.1 Å². The summed E-state index contributed by atoms with van der Waals surface area (Å²) in [6.45, 7) is 9.24. The molecular formula is C17H22N2O. The minimum Gasteiger partial charge on any atom is -0.455 e. The average molecular weight is 270 g/mol. The quantitative estimate of drug-likeness (QED) is 0.909. The molecule has 0 fully saturated rings. The van der Waals surface area contributed by atoms with E-state index in [2.05, 4.69) is 31.1 Å². The van der Waals surface area contributed by atoms with Gasteiger partial charge in [0.2, 0.25) is 0 Å². The zero-order chi connectivity index (χ0) is 14.6. The Morgan fingerprint density at radius 2 is 1.85 bits per heavy atom. The Hall–Kier alpha value is -1.87. The van der Waals surface area contributed by atoms with Crippen molar-refractivity contribution in [3.8, 4) is 11.5 Å². The van der Waals surface area contributed by atoms with E-state index in [0.717, 1.165) is 29.2 Å². The molecule has 0 aliphatic heterocycles. The van der Waals surface area contributed by atoms with E-state index in [9.17, 15) is 0 Å². The summed E-state index contributed by atoms with van der Waals surface area (Å²) in [5, 5.41) is 3.47. The lowest BCUT2D eigenvalue weighted by Gasteiger charge is -2.21. The third-order valence-electron chi connectivity index (χ3n) is 2.99. The summed E-state index contributed by atoms with van der Waals surface area (Å²) in [5.41, 5.74) is 2.30. The summed E-state index contributed by atoms with van der Waals surface area (Å²) in [6, 6.07) is 9.99. The summed E-state index contributed by atoms with van der Waals surface area (Å²) in [7, 11) is 0. The summed E-state index contributed by atoms with van der Waals surface area (Å²) < 4.78 is 6.00. The Labute approximate surface area is 121 Å². The maximum Gasteiger partial charge on any atom is 0.150 e. The summed E-state index contributed by atoms with van der Waals surface area (Å²) in [4.78, 5) is 4.16. The van der Waals surface area contributed by atoms with E-state index in [1.807, 2.05) is 37.3 Å². The Kier molecular flexibility index (Phi) is 4.40. The van der Waals surface area contributed by atoms with Crippen LogP contribution in [0.3, 0.4) is 0 Å². The summed E-state index contributed by atoms with van der Waals surface area (Å²) in [6.07, 6.45) is 3.57. The highest BCUT2D eigenvalue weighted by Gasteiger charge is 2.11. The maximum atomic E-state index is 6.00. The number of pyridine rings is 1. The smallest absolute Gasteiger partial charge is 0.150 e. The van der Waals surface area contributed by atoms with Crippen LogP contribution >= 0.6 is 0 Å². The van der Waals surface area contributed by atoms with E-state index in [1.165, 1.54) is 0 Å². The molecule has 3 nitrogen and oxygen atoms in total. The number of aryl methyl sites for hydroxylation is 1. The van der Waals surface area contributed by atoms with Crippen LogP contribution in [-0.2, 0) is 6.54 Å². The number of nitrogens with zero attached hydrogens (tertiary/aromatic N) is 1. The fraction of sp³-hybridized carbons (Fsp3) is 0.353. The van der Waals surface area contributed by atoms with Crippen molar-refractivity contribution in [3.05, 3.63) is 53.9 Å². The van der Waals surface area contributed by atoms with Gasteiger partial charge in [0.05, 0.1) is 6.20 Å². The molecule has 1 N–H and O–H groups in total. The number of nitrogens with one attached hydrogen (secondary N) is 1. The van der Waals surface area contributed by atoms with Crippen LogP contribution in [0.4, 0.5) is 0 Å². The van der Waals surface area contributed by atoms with Gasteiger partial charge < -0.3 is 10.1 Å². The van der Waals surface area contributed by atoms with E-state index in [-0.39, 0.29) is 5.54 Å². The van der Waals surface area contributed by atoms with Crippen LogP contribution in [0.2, 0.25) is 0 Å². The van der Waals surface area contributed by atoms with Crippen molar-refractivity contribution in [2.75, 3.05) is 0 Å². The molecule has 1 aromatic carbocycles. The molecular weight excluding hydrogens is 248 g/mol. The summed E-state index contributed by atoms with van der Waals surface area (Å²) >= 11 is 0. The highest BCUT2D eigenvalue weighted by Crippen LogP contribution is 2.27. The second-order valence-corrected chi connectivity index (χ2v) is 5.95. The van der Waals surface area contributed by atoms with Gasteiger partial charge in [-0.05, 0) is 45.4 Å². The standard InChI is InChI=1S/C17H22N2O/c1-13-7-5-6-8-15(13)20-16-12-18-10-9-14(16)11-19-17(2,3)4/h5-10,12,19H,11H2,1-4H3. The van der Waals surface area contributed by atoms with Crippen molar-refractivity contribution in [2.45, 2.75) is 39.8 Å². The molecule has 0 unspecified atom stereocenters. The third kappa shape index (κ3) is 4.07. The molecule has 0 saturated carbocycles. The van der Waals surface area contributed by atoms with Crippen molar-refractivity contribution in [2.24, 2.45) is 0 Å². The lowest BCUT2D eigenvalue weighted by Crippen LogP contribution is -2.35. The molecule has 0 amide bonds. The number of rotatable bonds is 4. The molecule has 2 rings (SSSR count). The maximum absolute atomic E-state index is 6.00. The molecule has 0 atom stereocenters. The molecule has 20 heavy (non-hydrogen) atoms. The molecule has 0 saturated heterocycles. The summed E-state index contributed by atoms with van der Waals surface area (Å²) in [5.74, 6) is 1.68.